The lowest BCUT2D eigenvalue weighted by molar-refractivity contribution is 0.841. The Hall–Kier alpha value is -2.07. The van der Waals surface area contributed by atoms with Crippen LogP contribution in [0, 0.1) is 0 Å². The zero-order chi connectivity index (χ0) is 18.7. The maximum atomic E-state index is 4.65. The maximum absolute atomic E-state index is 4.65. The van der Waals surface area contributed by atoms with Gasteiger partial charge < -0.3 is 10.6 Å². The summed E-state index contributed by atoms with van der Waals surface area (Å²) >= 11 is 1.83. The van der Waals surface area contributed by atoms with E-state index >= 15 is 0 Å². The van der Waals surface area contributed by atoms with E-state index in [4.69, 9.17) is 0 Å². The van der Waals surface area contributed by atoms with Crippen molar-refractivity contribution in [1.82, 2.24) is 25.2 Å². The van der Waals surface area contributed by atoms with Crippen LogP contribution in [0.4, 0.5) is 0 Å². The standard InChI is InChI=1S/C20H24N6S.HI/c1-2-22-20(23-11-13-27-18-6-4-3-5-7-18)25-15-17-8-9-19(24-14-17)26-12-10-21-16-26;/h3-10,12,14,16H,2,11,13,15H2,1H3,(H2,22,23,25);1H. The van der Waals surface area contributed by atoms with Crippen LogP contribution in [-0.4, -0.2) is 39.3 Å². The number of aromatic nitrogens is 3. The molecular formula is C20H25IN6S. The lowest BCUT2D eigenvalue weighted by Crippen LogP contribution is -2.38. The van der Waals surface area contributed by atoms with Crippen LogP contribution >= 0.6 is 35.7 Å². The number of thioether (sulfide) groups is 1. The van der Waals surface area contributed by atoms with Crippen molar-refractivity contribution in [1.29, 1.82) is 0 Å². The van der Waals surface area contributed by atoms with Gasteiger partial charge in [-0.3, -0.25) is 4.57 Å². The normalized spacial score (nSPS) is 11.0. The molecule has 0 atom stereocenters. The van der Waals surface area contributed by atoms with Crippen molar-refractivity contribution in [2.75, 3.05) is 18.8 Å². The number of pyridine rings is 1. The highest BCUT2D eigenvalue weighted by Gasteiger charge is 2.00. The summed E-state index contributed by atoms with van der Waals surface area (Å²) in [5, 5.41) is 6.66. The van der Waals surface area contributed by atoms with E-state index < -0.39 is 0 Å². The van der Waals surface area contributed by atoms with Crippen LogP contribution in [-0.2, 0) is 6.54 Å². The minimum atomic E-state index is 0. The van der Waals surface area contributed by atoms with Crippen LogP contribution in [0.25, 0.3) is 5.82 Å². The molecule has 0 aliphatic heterocycles. The molecule has 0 radical (unpaired) electrons. The molecule has 0 fully saturated rings. The largest absolute Gasteiger partial charge is 0.357 e. The molecule has 2 aromatic heterocycles. The van der Waals surface area contributed by atoms with Crippen molar-refractivity contribution in [3.8, 4) is 5.82 Å². The van der Waals surface area contributed by atoms with Gasteiger partial charge in [-0.15, -0.1) is 35.7 Å². The molecule has 0 aliphatic carbocycles. The summed E-state index contributed by atoms with van der Waals surface area (Å²) in [7, 11) is 0. The molecule has 0 amide bonds. The third-order valence-corrected chi connectivity index (χ3v) is 4.76. The highest BCUT2D eigenvalue weighted by Crippen LogP contribution is 2.15. The number of guanidine groups is 1. The van der Waals surface area contributed by atoms with E-state index in [0.29, 0.717) is 6.54 Å². The van der Waals surface area contributed by atoms with Gasteiger partial charge >= 0.3 is 0 Å². The molecule has 0 saturated carbocycles. The molecule has 0 unspecified atom stereocenters. The second-order valence-corrected chi connectivity index (χ2v) is 6.95. The van der Waals surface area contributed by atoms with E-state index in [1.54, 1.807) is 12.5 Å². The van der Waals surface area contributed by atoms with Gasteiger partial charge in [0.15, 0.2) is 5.96 Å². The van der Waals surface area contributed by atoms with Crippen LogP contribution < -0.4 is 10.6 Å². The lowest BCUT2D eigenvalue weighted by atomic mass is 10.3. The molecule has 8 heteroatoms. The minimum absolute atomic E-state index is 0. The first-order chi connectivity index (χ1) is 13.3. The van der Waals surface area contributed by atoms with Crippen molar-refractivity contribution in [2.45, 2.75) is 18.4 Å². The molecule has 1 aromatic carbocycles. The quantitative estimate of drug-likeness (QED) is 0.160. The summed E-state index contributed by atoms with van der Waals surface area (Å²) in [4.78, 5) is 14.4. The fourth-order valence-corrected chi connectivity index (χ4v) is 3.21. The number of hydrogen-bond acceptors (Lipinski definition) is 4. The maximum Gasteiger partial charge on any atom is 0.191 e. The molecule has 0 bridgehead atoms. The average Bonchev–Trinajstić information content (AvgIpc) is 3.25. The second-order valence-electron chi connectivity index (χ2n) is 5.78. The molecule has 6 nitrogen and oxygen atoms in total. The molecule has 2 N–H and O–H groups in total. The number of hydrogen-bond donors (Lipinski definition) is 2. The number of nitrogens with zero attached hydrogens (tertiary/aromatic N) is 4. The van der Waals surface area contributed by atoms with Crippen LogP contribution in [0.3, 0.4) is 0 Å². The number of imidazole rings is 1. The number of nitrogens with one attached hydrogen (secondary N) is 2. The number of halogens is 1. The van der Waals surface area contributed by atoms with Gasteiger partial charge in [0, 0.05) is 42.3 Å². The number of rotatable bonds is 8. The third-order valence-electron chi connectivity index (χ3n) is 3.75. The van der Waals surface area contributed by atoms with E-state index in [1.165, 1.54) is 4.90 Å². The lowest BCUT2D eigenvalue weighted by Gasteiger charge is -2.11. The van der Waals surface area contributed by atoms with Gasteiger partial charge in [0.2, 0.25) is 0 Å². The van der Waals surface area contributed by atoms with E-state index in [-0.39, 0.29) is 24.0 Å². The zero-order valence-electron chi connectivity index (χ0n) is 15.8. The molecule has 28 heavy (non-hydrogen) atoms. The van der Waals surface area contributed by atoms with Crippen LogP contribution in [0.2, 0.25) is 0 Å². The summed E-state index contributed by atoms with van der Waals surface area (Å²) in [6, 6.07) is 14.4. The Bertz CT molecular complexity index is 822. The first-order valence-corrected chi connectivity index (χ1v) is 9.97. The molecule has 3 aromatic rings. The Kier molecular flexibility index (Phi) is 9.84. The van der Waals surface area contributed by atoms with Gasteiger partial charge in [0.05, 0.1) is 6.54 Å². The van der Waals surface area contributed by atoms with Gasteiger partial charge in [0.25, 0.3) is 0 Å². The zero-order valence-corrected chi connectivity index (χ0v) is 18.9. The van der Waals surface area contributed by atoms with Crippen LogP contribution in [0.1, 0.15) is 12.5 Å². The van der Waals surface area contributed by atoms with Crippen LogP contribution in [0.15, 0.2) is 77.3 Å². The predicted octanol–water partition coefficient (Wildman–Crippen LogP) is 3.73. The van der Waals surface area contributed by atoms with Crippen molar-refractivity contribution < 1.29 is 0 Å². The molecule has 0 saturated heterocycles. The molecule has 0 spiro atoms. The Morgan fingerprint density at radius 1 is 1.14 bits per heavy atom. The topological polar surface area (TPSA) is 67.1 Å². The highest BCUT2D eigenvalue weighted by atomic mass is 127. The second kappa shape index (κ2) is 12.4. The van der Waals surface area contributed by atoms with Crippen molar-refractivity contribution in [3.05, 3.63) is 72.9 Å². The average molecular weight is 508 g/mol. The number of benzene rings is 1. The summed E-state index contributed by atoms with van der Waals surface area (Å²) < 4.78 is 1.88. The van der Waals surface area contributed by atoms with Crippen LogP contribution in [0.5, 0.6) is 0 Å². The Balaban J connectivity index is 0.00000280. The van der Waals surface area contributed by atoms with Gasteiger partial charge in [-0.25, -0.2) is 15.0 Å². The van der Waals surface area contributed by atoms with Crippen molar-refractivity contribution in [2.24, 2.45) is 4.99 Å². The van der Waals surface area contributed by atoms with Gasteiger partial charge in [-0.2, -0.15) is 0 Å². The first-order valence-electron chi connectivity index (χ1n) is 8.98. The van der Waals surface area contributed by atoms with Crippen molar-refractivity contribution in [3.63, 3.8) is 0 Å². The third kappa shape index (κ3) is 7.16. The molecule has 0 aliphatic rings. The first kappa shape index (κ1) is 22.2. The Morgan fingerprint density at radius 2 is 2.00 bits per heavy atom. The van der Waals surface area contributed by atoms with E-state index in [0.717, 1.165) is 36.2 Å². The minimum Gasteiger partial charge on any atom is -0.357 e. The van der Waals surface area contributed by atoms with Gasteiger partial charge in [-0.05, 0) is 30.7 Å². The smallest absolute Gasteiger partial charge is 0.191 e. The fourth-order valence-electron chi connectivity index (χ4n) is 2.42. The Labute approximate surface area is 187 Å². The summed E-state index contributed by atoms with van der Waals surface area (Å²) in [6.07, 6.45) is 7.21. The Morgan fingerprint density at radius 3 is 2.68 bits per heavy atom. The SMILES string of the molecule is CCNC(=NCc1ccc(-n2ccnc2)nc1)NCCSc1ccccc1.I. The molecule has 3 rings (SSSR count). The van der Waals surface area contributed by atoms with E-state index in [1.807, 2.05) is 46.9 Å². The molecule has 2 heterocycles. The summed E-state index contributed by atoms with van der Waals surface area (Å²) in [5.74, 6) is 2.66. The molecule has 148 valence electrons. The monoisotopic (exact) mass is 508 g/mol. The van der Waals surface area contributed by atoms with Gasteiger partial charge in [-0.1, -0.05) is 24.3 Å². The highest BCUT2D eigenvalue weighted by molar-refractivity contribution is 14.0. The predicted molar refractivity (Wildman–Crippen MR) is 127 cm³/mol. The summed E-state index contributed by atoms with van der Waals surface area (Å²) in [6.45, 7) is 4.33. The van der Waals surface area contributed by atoms with Gasteiger partial charge in [0.1, 0.15) is 12.1 Å². The van der Waals surface area contributed by atoms with E-state index in [2.05, 4.69) is 56.8 Å². The summed E-state index contributed by atoms with van der Waals surface area (Å²) in [5.41, 5.74) is 1.06. The number of aliphatic imine (C=N–C) groups is 1. The van der Waals surface area contributed by atoms with E-state index in [9.17, 15) is 0 Å². The molecular weight excluding hydrogens is 483 g/mol. The van der Waals surface area contributed by atoms with Crippen molar-refractivity contribution >= 4 is 41.7 Å². The fraction of sp³-hybridized carbons (Fsp3) is 0.250.